The largest absolute Gasteiger partial charge is 0.472 e. The molecule has 2 atom stereocenters. The Bertz CT molecular complexity index is 1260. The van der Waals surface area contributed by atoms with Gasteiger partial charge >= 0.3 is 19.8 Å². The maximum absolute atomic E-state index is 12.6. The summed E-state index contributed by atoms with van der Waals surface area (Å²) < 4.78 is 33.4. The van der Waals surface area contributed by atoms with Crippen LogP contribution in [0, 0.1) is 0 Å². The van der Waals surface area contributed by atoms with Crippen molar-refractivity contribution in [2.24, 2.45) is 0 Å². The molecule has 0 saturated heterocycles. The summed E-state index contributed by atoms with van der Waals surface area (Å²) in [4.78, 5) is 37.0. The Labute approximate surface area is 347 Å². The van der Waals surface area contributed by atoms with Gasteiger partial charge in [0.2, 0.25) is 0 Å². The summed E-state index contributed by atoms with van der Waals surface area (Å²) in [5.74, 6) is -0.872. The van der Waals surface area contributed by atoms with Crippen molar-refractivity contribution in [1.82, 2.24) is 4.90 Å². The van der Waals surface area contributed by atoms with Gasteiger partial charge in [-0.25, -0.2) is 4.57 Å². The molecule has 0 bridgehead atoms. The molecule has 10 heteroatoms. The number of ether oxygens (including phenoxy) is 2. The van der Waals surface area contributed by atoms with Crippen molar-refractivity contribution in [3.8, 4) is 0 Å². The van der Waals surface area contributed by atoms with Crippen LogP contribution in [0.1, 0.15) is 142 Å². The van der Waals surface area contributed by atoms with Crippen molar-refractivity contribution in [3.63, 3.8) is 0 Å². The highest BCUT2D eigenvalue weighted by Crippen LogP contribution is 2.43. The number of phosphoric acid groups is 1. The van der Waals surface area contributed by atoms with Crippen molar-refractivity contribution in [2.45, 2.75) is 148 Å². The number of rotatable bonds is 38. The summed E-state index contributed by atoms with van der Waals surface area (Å²) in [6, 6.07) is 0. The molecule has 324 valence electrons. The first kappa shape index (κ1) is 53.9. The van der Waals surface area contributed by atoms with E-state index in [-0.39, 0.29) is 26.1 Å². The van der Waals surface area contributed by atoms with Crippen LogP contribution < -0.4 is 0 Å². The minimum Gasteiger partial charge on any atom is -0.462 e. The molecular formula is C47H78NO8P. The average molecular weight is 816 g/mol. The summed E-state index contributed by atoms with van der Waals surface area (Å²) in [7, 11) is -0.752. The van der Waals surface area contributed by atoms with Crippen LogP contribution in [0.3, 0.4) is 0 Å². The number of phosphoric ester groups is 1. The van der Waals surface area contributed by atoms with Gasteiger partial charge in [-0.05, 0) is 104 Å². The fourth-order valence-corrected chi connectivity index (χ4v) is 5.88. The molecule has 0 amide bonds. The van der Waals surface area contributed by atoms with Crippen LogP contribution >= 0.6 is 7.82 Å². The lowest BCUT2D eigenvalue weighted by Gasteiger charge is -2.20. The molecule has 0 fully saturated rings. The van der Waals surface area contributed by atoms with Gasteiger partial charge in [-0.1, -0.05) is 137 Å². The molecule has 2 unspecified atom stereocenters. The molecule has 9 nitrogen and oxygen atoms in total. The molecule has 0 aliphatic carbocycles. The number of hydrogen-bond acceptors (Lipinski definition) is 8. The highest BCUT2D eigenvalue weighted by atomic mass is 31.2. The van der Waals surface area contributed by atoms with Gasteiger partial charge in [0, 0.05) is 19.4 Å². The minimum atomic E-state index is -4.38. The van der Waals surface area contributed by atoms with Crippen LogP contribution in [0.5, 0.6) is 0 Å². The number of nitrogens with zero attached hydrogens (tertiary/aromatic N) is 1. The molecule has 0 rings (SSSR count). The quantitative estimate of drug-likeness (QED) is 0.0282. The van der Waals surface area contributed by atoms with Crippen molar-refractivity contribution in [3.05, 3.63) is 97.2 Å². The van der Waals surface area contributed by atoms with E-state index in [2.05, 4.69) is 111 Å². The summed E-state index contributed by atoms with van der Waals surface area (Å²) in [5.41, 5.74) is 0. The third-order valence-corrected chi connectivity index (χ3v) is 9.37. The lowest BCUT2D eigenvalue weighted by Crippen LogP contribution is -2.29. The first-order valence-electron chi connectivity index (χ1n) is 21.5. The predicted octanol–water partition coefficient (Wildman–Crippen LogP) is 12.4. The Morgan fingerprint density at radius 2 is 0.947 bits per heavy atom. The molecule has 0 aromatic rings. The van der Waals surface area contributed by atoms with Crippen LogP contribution in [0.4, 0.5) is 0 Å². The van der Waals surface area contributed by atoms with E-state index < -0.39 is 32.5 Å². The molecule has 0 spiro atoms. The standard InChI is InChI=1S/C47H78NO8P/c1-5-7-9-11-13-15-17-19-21-22-23-24-26-27-29-31-33-35-37-39-46(49)53-43-45(44-55-57(51,52)54-42-41-48(3)4)56-47(50)40-38-36-34-32-30-28-25-20-18-16-14-12-10-8-6-2/h7-10,13-16,19-21,23-25,27,29,45H,5-6,11-12,17-18,22,26,28,30-44H2,1-4H3,(H,51,52)/b9-7-,10-8-,15-13-,16-14-,21-19-,24-23-,25-20-,29-27-. The number of unbranched alkanes of at least 4 members (excludes halogenated alkanes) is 8. The van der Waals surface area contributed by atoms with Gasteiger partial charge in [-0.15, -0.1) is 0 Å². The second-order valence-corrected chi connectivity index (χ2v) is 15.6. The zero-order valence-electron chi connectivity index (χ0n) is 36.0. The SMILES string of the molecule is CC/C=C\C/C=C\C/C=C\C/C=C\C/C=C\CCCCCC(=O)OCC(COP(=O)(O)OCCN(C)C)OC(=O)CCCCCCC/C=C\C/C=C\C/C=C\CC. The van der Waals surface area contributed by atoms with E-state index >= 15 is 0 Å². The summed E-state index contributed by atoms with van der Waals surface area (Å²) in [6.45, 7) is 4.01. The smallest absolute Gasteiger partial charge is 0.462 e. The van der Waals surface area contributed by atoms with Gasteiger partial charge < -0.3 is 19.3 Å². The van der Waals surface area contributed by atoms with Crippen LogP contribution in [-0.2, 0) is 32.7 Å². The molecule has 0 saturated carbocycles. The second kappa shape index (κ2) is 41.1. The van der Waals surface area contributed by atoms with Crippen LogP contribution in [0.25, 0.3) is 0 Å². The number of allylic oxidation sites excluding steroid dienone is 16. The van der Waals surface area contributed by atoms with Crippen LogP contribution in [0.2, 0.25) is 0 Å². The number of likely N-dealkylation sites (N-methyl/N-ethyl adjacent to an activating group) is 1. The fourth-order valence-electron chi connectivity index (χ4n) is 5.14. The molecule has 0 radical (unpaired) electrons. The molecule has 0 aliphatic rings. The molecule has 0 aromatic heterocycles. The first-order chi connectivity index (χ1) is 27.7. The Morgan fingerprint density at radius 1 is 0.544 bits per heavy atom. The van der Waals surface area contributed by atoms with Crippen molar-refractivity contribution in [1.29, 1.82) is 0 Å². The van der Waals surface area contributed by atoms with Gasteiger partial charge in [0.25, 0.3) is 0 Å². The van der Waals surface area contributed by atoms with Crippen LogP contribution in [-0.4, -0.2) is 68.3 Å². The number of hydrogen-bond donors (Lipinski definition) is 1. The molecular weight excluding hydrogens is 737 g/mol. The Morgan fingerprint density at radius 3 is 1.42 bits per heavy atom. The Hall–Kier alpha value is -3.07. The highest BCUT2D eigenvalue weighted by molar-refractivity contribution is 7.47. The zero-order chi connectivity index (χ0) is 41.9. The minimum absolute atomic E-state index is 0.00781. The Balaban J connectivity index is 4.40. The fraction of sp³-hybridized carbons (Fsp3) is 0.617. The summed E-state index contributed by atoms with van der Waals surface area (Å²) in [5, 5.41) is 0. The van der Waals surface area contributed by atoms with E-state index in [1.165, 1.54) is 0 Å². The third kappa shape index (κ3) is 42.4. The lowest BCUT2D eigenvalue weighted by molar-refractivity contribution is -0.161. The molecule has 0 aromatic carbocycles. The predicted molar refractivity (Wildman–Crippen MR) is 238 cm³/mol. The molecule has 0 aliphatic heterocycles. The van der Waals surface area contributed by atoms with Gasteiger partial charge in [0.15, 0.2) is 6.10 Å². The normalized spacial score (nSPS) is 14.4. The number of esters is 2. The molecule has 1 N–H and O–H groups in total. The van der Waals surface area contributed by atoms with Gasteiger partial charge in [0.05, 0.1) is 13.2 Å². The van der Waals surface area contributed by atoms with E-state index in [9.17, 15) is 19.0 Å². The molecule has 57 heavy (non-hydrogen) atoms. The highest BCUT2D eigenvalue weighted by Gasteiger charge is 2.26. The van der Waals surface area contributed by atoms with Gasteiger partial charge in [0.1, 0.15) is 6.61 Å². The van der Waals surface area contributed by atoms with Crippen LogP contribution in [0.15, 0.2) is 97.2 Å². The molecule has 0 heterocycles. The van der Waals surface area contributed by atoms with E-state index in [0.29, 0.717) is 19.4 Å². The van der Waals surface area contributed by atoms with Crippen molar-refractivity contribution < 1.29 is 37.6 Å². The average Bonchev–Trinajstić information content (AvgIpc) is 3.18. The zero-order valence-corrected chi connectivity index (χ0v) is 36.9. The van der Waals surface area contributed by atoms with Crippen molar-refractivity contribution >= 4 is 19.8 Å². The van der Waals surface area contributed by atoms with E-state index in [4.69, 9.17) is 18.5 Å². The maximum atomic E-state index is 12.6. The lowest BCUT2D eigenvalue weighted by atomic mass is 10.1. The van der Waals surface area contributed by atoms with E-state index in [0.717, 1.165) is 103 Å². The summed E-state index contributed by atoms with van der Waals surface area (Å²) in [6.07, 6.45) is 51.7. The Kier molecular flexibility index (Phi) is 38.9. The van der Waals surface area contributed by atoms with Gasteiger partial charge in [-0.2, -0.15) is 0 Å². The number of carbonyl (C=O) groups excluding carboxylic acids is 2. The van der Waals surface area contributed by atoms with E-state index in [1.807, 2.05) is 14.1 Å². The first-order valence-corrected chi connectivity index (χ1v) is 23.0. The third-order valence-electron chi connectivity index (χ3n) is 8.39. The number of carbonyl (C=O) groups is 2. The van der Waals surface area contributed by atoms with Crippen molar-refractivity contribution in [2.75, 3.05) is 40.5 Å². The van der Waals surface area contributed by atoms with E-state index in [1.54, 1.807) is 4.90 Å². The topological polar surface area (TPSA) is 112 Å². The maximum Gasteiger partial charge on any atom is 0.472 e. The van der Waals surface area contributed by atoms with Gasteiger partial charge in [-0.3, -0.25) is 18.6 Å². The second-order valence-electron chi connectivity index (χ2n) is 14.1. The summed E-state index contributed by atoms with van der Waals surface area (Å²) >= 11 is 0. The monoisotopic (exact) mass is 816 g/mol.